The van der Waals surface area contributed by atoms with E-state index < -0.39 is 26.6 Å². The number of nitrogens with one attached hydrogen (secondary N) is 1. The second kappa shape index (κ2) is 11.5. The third kappa shape index (κ3) is 7.71. The molecular weight excluding hydrogens is 332 g/mol. The number of benzene rings is 1. The van der Waals surface area contributed by atoms with E-state index in [-0.39, 0.29) is 6.54 Å². The molecule has 0 saturated heterocycles. The van der Waals surface area contributed by atoms with Crippen molar-refractivity contribution in [2.24, 2.45) is 0 Å². The molecule has 0 aliphatic rings. The molecule has 0 radical (unpaired) electrons. The first-order valence-corrected chi connectivity index (χ1v) is 10.4. The average Bonchev–Trinajstić information content (AvgIpc) is 2.52. The summed E-state index contributed by atoms with van der Waals surface area (Å²) in [4.78, 5) is -0.892. The van der Waals surface area contributed by atoms with Crippen LogP contribution in [0.3, 0.4) is 0 Å². The third-order valence-corrected chi connectivity index (χ3v) is 5.52. The number of rotatable bonds is 13. The Kier molecular flexibility index (Phi) is 10.1. The predicted octanol–water partition coefficient (Wildman–Crippen LogP) is 5.16. The van der Waals surface area contributed by atoms with E-state index in [2.05, 4.69) is 11.6 Å². The molecule has 1 rings (SSSR count). The van der Waals surface area contributed by atoms with Crippen molar-refractivity contribution in [3.05, 3.63) is 29.8 Å². The second-order valence-electron chi connectivity index (χ2n) is 6.13. The lowest BCUT2D eigenvalue weighted by Crippen LogP contribution is -2.26. The third-order valence-electron chi connectivity index (χ3n) is 4.01. The number of halogens is 2. The lowest BCUT2D eigenvalue weighted by atomic mass is 10.1. The standard InChI is InChI=1S/C18H29F2NO2S/c1-2-3-4-5-6-7-8-9-10-11-15-21-24(22,23)18-16(19)13-12-14-17(18)20/h12-14,21H,2-11,15H2,1H3. The van der Waals surface area contributed by atoms with Gasteiger partial charge in [0.2, 0.25) is 10.0 Å². The maximum atomic E-state index is 13.5. The molecule has 3 nitrogen and oxygen atoms in total. The molecule has 6 heteroatoms. The van der Waals surface area contributed by atoms with E-state index in [1.54, 1.807) is 0 Å². The van der Waals surface area contributed by atoms with E-state index in [9.17, 15) is 17.2 Å². The van der Waals surface area contributed by atoms with Crippen molar-refractivity contribution in [3.63, 3.8) is 0 Å². The molecule has 0 atom stereocenters. The molecule has 0 bridgehead atoms. The fourth-order valence-corrected chi connectivity index (χ4v) is 3.84. The zero-order chi connectivity index (χ0) is 17.8. The van der Waals surface area contributed by atoms with Gasteiger partial charge >= 0.3 is 0 Å². The van der Waals surface area contributed by atoms with Gasteiger partial charge < -0.3 is 0 Å². The Labute approximate surface area is 144 Å². The van der Waals surface area contributed by atoms with E-state index in [4.69, 9.17) is 0 Å². The molecular formula is C18H29F2NO2S. The van der Waals surface area contributed by atoms with Crippen LogP contribution in [0.4, 0.5) is 8.78 Å². The smallest absolute Gasteiger partial charge is 0.211 e. The highest BCUT2D eigenvalue weighted by atomic mass is 32.2. The van der Waals surface area contributed by atoms with Gasteiger partial charge in [-0.05, 0) is 18.6 Å². The van der Waals surface area contributed by atoms with Crippen molar-refractivity contribution in [3.8, 4) is 0 Å². The first-order chi connectivity index (χ1) is 11.5. The van der Waals surface area contributed by atoms with Crippen LogP contribution in [0, 0.1) is 11.6 Å². The van der Waals surface area contributed by atoms with E-state index in [1.807, 2.05) is 0 Å². The summed E-state index contributed by atoms with van der Waals surface area (Å²) in [6, 6.07) is 3.03. The highest BCUT2D eigenvalue weighted by Crippen LogP contribution is 2.18. The zero-order valence-electron chi connectivity index (χ0n) is 14.5. The molecule has 0 saturated carbocycles. The summed E-state index contributed by atoms with van der Waals surface area (Å²) in [5, 5.41) is 0. The Bertz CT molecular complexity index is 556. The topological polar surface area (TPSA) is 46.2 Å². The minimum Gasteiger partial charge on any atom is -0.211 e. The van der Waals surface area contributed by atoms with Crippen LogP contribution in [-0.4, -0.2) is 15.0 Å². The zero-order valence-corrected chi connectivity index (χ0v) is 15.3. The van der Waals surface area contributed by atoms with Gasteiger partial charge in [-0.25, -0.2) is 21.9 Å². The van der Waals surface area contributed by atoms with E-state index >= 15 is 0 Å². The quantitative estimate of drug-likeness (QED) is 0.493. The largest absolute Gasteiger partial charge is 0.246 e. The van der Waals surface area contributed by atoms with Crippen molar-refractivity contribution in [1.29, 1.82) is 0 Å². The maximum absolute atomic E-state index is 13.5. The van der Waals surface area contributed by atoms with Crippen LogP contribution in [0.15, 0.2) is 23.1 Å². The van der Waals surface area contributed by atoms with Gasteiger partial charge in [0.15, 0.2) is 4.90 Å². The van der Waals surface area contributed by atoms with Gasteiger partial charge in [0.05, 0.1) is 0 Å². The van der Waals surface area contributed by atoms with Crippen molar-refractivity contribution in [1.82, 2.24) is 4.72 Å². The Morgan fingerprint density at radius 1 is 0.833 bits per heavy atom. The lowest BCUT2D eigenvalue weighted by molar-refractivity contribution is 0.511. The Morgan fingerprint density at radius 3 is 1.79 bits per heavy atom. The molecule has 0 spiro atoms. The lowest BCUT2D eigenvalue weighted by Gasteiger charge is -2.08. The number of sulfonamides is 1. The Hall–Kier alpha value is -1.01. The summed E-state index contributed by atoms with van der Waals surface area (Å²) in [6.07, 6.45) is 11.4. The van der Waals surface area contributed by atoms with Crippen LogP contribution in [0.25, 0.3) is 0 Å². The summed E-state index contributed by atoms with van der Waals surface area (Å²) < 4.78 is 53.2. The first kappa shape index (κ1) is 21.0. The molecule has 1 aromatic rings. The summed E-state index contributed by atoms with van der Waals surface area (Å²) in [5.74, 6) is -2.13. The van der Waals surface area contributed by atoms with Gasteiger partial charge in [0, 0.05) is 6.54 Å². The summed E-state index contributed by atoms with van der Waals surface area (Å²) in [6.45, 7) is 2.40. The van der Waals surface area contributed by atoms with E-state index in [0.29, 0.717) is 6.42 Å². The van der Waals surface area contributed by atoms with Gasteiger partial charge in [-0.1, -0.05) is 70.8 Å². The van der Waals surface area contributed by atoms with E-state index in [1.165, 1.54) is 38.5 Å². The highest BCUT2D eigenvalue weighted by molar-refractivity contribution is 7.89. The number of unbranched alkanes of at least 4 members (excludes halogenated alkanes) is 9. The van der Waals surface area contributed by atoms with Crippen LogP contribution in [-0.2, 0) is 10.0 Å². The molecule has 24 heavy (non-hydrogen) atoms. The number of hydrogen-bond acceptors (Lipinski definition) is 2. The van der Waals surface area contributed by atoms with Gasteiger partial charge in [0.25, 0.3) is 0 Å². The molecule has 0 unspecified atom stereocenters. The van der Waals surface area contributed by atoms with Gasteiger partial charge in [0.1, 0.15) is 11.6 Å². The molecule has 0 aliphatic heterocycles. The van der Waals surface area contributed by atoms with Gasteiger partial charge in [-0.15, -0.1) is 0 Å². The summed E-state index contributed by atoms with van der Waals surface area (Å²) in [5.41, 5.74) is 0. The van der Waals surface area contributed by atoms with Crippen molar-refractivity contribution in [2.75, 3.05) is 6.54 Å². The van der Waals surface area contributed by atoms with Crippen molar-refractivity contribution in [2.45, 2.75) is 76.0 Å². The molecule has 138 valence electrons. The molecule has 0 heterocycles. The van der Waals surface area contributed by atoms with Crippen molar-refractivity contribution >= 4 is 10.0 Å². The summed E-state index contributed by atoms with van der Waals surface area (Å²) in [7, 11) is -4.13. The predicted molar refractivity (Wildman–Crippen MR) is 93.4 cm³/mol. The minimum absolute atomic E-state index is 0.201. The normalized spacial score (nSPS) is 11.8. The van der Waals surface area contributed by atoms with E-state index in [0.717, 1.165) is 37.5 Å². The van der Waals surface area contributed by atoms with Crippen LogP contribution < -0.4 is 4.72 Å². The Balaban J connectivity index is 2.17. The number of hydrogen-bond donors (Lipinski definition) is 1. The van der Waals surface area contributed by atoms with Crippen LogP contribution in [0.2, 0.25) is 0 Å². The van der Waals surface area contributed by atoms with Crippen LogP contribution in [0.1, 0.15) is 71.1 Å². The molecule has 1 aromatic carbocycles. The SMILES string of the molecule is CCCCCCCCCCCCNS(=O)(=O)c1c(F)cccc1F. The molecule has 0 aliphatic carbocycles. The summed E-state index contributed by atoms with van der Waals surface area (Å²) >= 11 is 0. The maximum Gasteiger partial charge on any atom is 0.246 e. The molecule has 1 N–H and O–H groups in total. The fraction of sp³-hybridized carbons (Fsp3) is 0.667. The fourth-order valence-electron chi connectivity index (χ4n) is 2.63. The molecule has 0 amide bonds. The average molecular weight is 361 g/mol. The second-order valence-corrected chi connectivity index (χ2v) is 7.83. The highest BCUT2D eigenvalue weighted by Gasteiger charge is 2.22. The van der Waals surface area contributed by atoms with Crippen molar-refractivity contribution < 1.29 is 17.2 Å². The molecule has 0 fully saturated rings. The Morgan fingerprint density at radius 2 is 1.29 bits per heavy atom. The van der Waals surface area contributed by atoms with Crippen LogP contribution in [0.5, 0.6) is 0 Å². The molecule has 0 aromatic heterocycles. The monoisotopic (exact) mass is 361 g/mol. The van der Waals surface area contributed by atoms with Gasteiger partial charge in [-0.2, -0.15) is 0 Å². The van der Waals surface area contributed by atoms with Gasteiger partial charge in [-0.3, -0.25) is 0 Å². The first-order valence-electron chi connectivity index (χ1n) is 8.92. The van der Waals surface area contributed by atoms with Crippen LogP contribution >= 0.6 is 0 Å². The minimum atomic E-state index is -4.13.